The molecule has 84 valence electrons. The van der Waals surface area contributed by atoms with E-state index >= 15 is 0 Å². The summed E-state index contributed by atoms with van der Waals surface area (Å²) in [6.45, 7) is 5.00. The Hall–Kier alpha value is -1.65. The van der Waals surface area contributed by atoms with Crippen molar-refractivity contribution in [1.29, 1.82) is 0 Å². The first-order valence-corrected chi connectivity index (χ1v) is 4.92. The molecule has 0 aliphatic carbocycles. The average molecular weight is 213 g/mol. The van der Waals surface area contributed by atoms with Crippen LogP contribution in [0.2, 0.25) is 0 Å². The molecule has 15 heavy (non-hydrogen) atoms. The Morgan fingerprint density at radius 1 is 1.27 bits per heavy atom. The molecule has 0 amide bonds. The number of aryl methyl sites for hydroxylation is 1. The fraction of sp³-hybridized carbons (Fsp3) is 0.500. The van der Waals surface area contributed by atoms with Crippen LogP contribution in [0.1, 0.15) is 20.3 Å². The number of aromatic nitrogens is 1. The predicted octanol–water partition coefficient (Wildman–Crippen LogP) is 1.60. The van der Waals surface area contributed by atoms with Crippen LogP contribution >= 0.6 is 0 Å². The molecule has 1 rings (SSSR count). The maximum Gasteiger partial charge on any atom is 0.294 e. The van der Waals surface area contributed by atoms with Gasteiger partial charge in [0.25, 0.3) is 5.09 Å². The first-order chi connectivity index (χ1) is 7.20. The van der Waals surface area contributed by atoms with Gasteiger partial charge < -0.3 is 4.84 Å². The average Bonchev–Trinajstić information content (AvgIpc) is 2.20. The van der Waals surface area contributed by atoms with Gasteiger partial charge in [-0.05, 0) is 6.92 Å². The van der Waals surface area contributed by atoms with Crippen LogP contribution in [0, 0.1) is 10.1 Å². The third kappa shape index (κ3) is 8.67. The molecule has 0 aliphatic rings. The van der Waals surface area contributed by atoms with Crippen molar-refractivity contribution in [2.75, 3.05) is 6.61 Å². The zero-order valence-electron chi connectivity index (χ0n) is 9.13. The van der Waals surface area contributed by atoms with E-state index in [0.29, 0.717) is 0 Å². The lowest BCUT2D eigenvalue weighted by molar-refractivity contribution is -0.756. The summed E-state index contributed by atoms with van der Waals surface area (Å²) in [5.74, 6) is 0. The lowest BCUT2D eigenvalue weighted by atomic mass is 10.4. The summed E-state index contributed by atoms with van der Waals surface area (Å²) < 4.78 is 2.18. The van der Waals surface area contributed by atoms with Gasteiger partial charge in [-0.3, -0.25) is 0 Å². The summed E-state index contributed by atoms with van der Waals surface area (Å²) in [7, 11) is 0. The van der Waals surface area contributed by atoms with Crippen molar-refractivity contribution in [2.45, 2.75) is 26.8 Å². The molecule has 1 heterocycles. The molecule has 0 radical (unpaired) electrons. The molecular weight excluding hydrogens is 196 g/mol. The van der Waals surface area contributed by atoms with Gasteiger partial charge >= 0.3 is 0 Å². The van der Waals surface area contributed by atoms with Gasteiger partial charge in [-0.15, -0.1) is 10.1 Å². The van der Waals surface area contributed by atoms with Gasteiger partial charge in [-0.2, -0.15) is 0 Å². The van der Waals surface area contributed by atoms with E-state index in [4.69, 9.17) is 0 Å². The lowest BCUT2D eigenvalue weighted by Gasteiger charge is -1.88. The van der Waals surface area contributed by atoms with E-state index in [1.165, 1.54) is 6.42 Å². The van der Waals surface area contributed by atoms with E-state index in [-0.39, 0.29) is 6.61 Å². The van der Waals surface area contributed by atoms with Crippen LogP contribution in [-0.2, 0) is 11.4 Å². The highest BCUT2D eigenvalue weighted by Crippen LogP contribution is 1.78. The molecule has 0 N–H and O–H groups in total. The standard InChI is InChI=1S/C8H12N.C2H5NO3/c1-2-6-9-7-4-3-5-8-9;1-2-6-3(4)5/h3-5,7-8H,2,6H2,1H3;2H2,1H3/q+1;. The molecule has 1 aromatic rings. The SMILES string of the molecule is CCC[n+]1ccccc1.CCO[N+](=O)[O-]. The molecule has 5 heteroatoms. The van der Waals surface area contributed by atoms with Gasteiger partial charge in [0.05, 0.1) is 6.61 Å². The van der Waals surface area contributed by atoms with Crippen molar-refractivity contribution in [3.8, 4) is 0 Å². The molecule has 0 atom stereocenters. The van der Waals surface area contributed by atoms with Crippen molar-refractivity contribution in [3.05, 3.63) is 40.7 Å². The third-order valence-corrected chi connectivity index (χ3v) is 1.49. The smallest absolute Gasteiger partial charge is 0.294 e. The zero-order chi connectivity index (χ0) is 11.5. The lowest BCUT2D eigenvalue weighted by Crippen LogP contribution is -2.31. The van der Waals surface area contributed by atoms with Crippen molar-refractivity contribution < 1.29 is 14.5 Å². The Morgan fingerprint density at radius 3 is 2.20 bits per heavy atom. The summed E-state index contributed by atoms with van der Waals surface area (Å²) in [6, 6.07) is 6.14. The van der Waals surface area contributed by atoms with E-state index in [2.05, 4.69) is 40.9 Å². The Bertz CT molecular complexity index is 265. The normalized spacial score (nSPS) is 8.67. The van der Waals surface area contributed by atoms with Gasteiger partial charge in [0.1, 0.15) is 6.54 Å². The second-order valence-corrected chi connectivity index (χ2v) is 2.75. The number of nitrogens with zero attached hydrogens (tertiary/aromatic N) is 2. The molecule has 0 saturated heterocycles. The minimum Gasteiger partial charge on any atom is -0.314 e. The maximum absolute atomic E-state index is 9.18. The predicted molar refractivity (Wildman–Crippen MR) is 55.5 cm³/mol. The maximum atomic E-state index is 9.18. The monoisotopic (exact) mass is 213 g/mol. The molecule has 5 nitrogen and oxygen atoms in total. The Morgan fingerprint density at radius 2 is 1.87 bits per heavy atom. The van der Waals surface area contributed by atoms with Crippen molar-refractivity contribution in [2.24, 2.45) is 0 Å². The summed E-state index contributed by atoms with van der Waals surface area (Å²) in [6.07, 6.45) is 5.38. The zero-order valence-corrected chi connectivity index (χ0v) is 9.13. The van der Waals surface area contributed by atoms with Crippen LogP contribution in [-0.4, -0.2) is 11.7 Å². The van der Waals surface area contributed by atoms with E-state index in [1.807, 2.05) is 6.07 Å². The molecule has 0 aromatic carbocycles. The summed E-state index contributed by atoms with van der Waals surface area (Å²) in [4.78, 5) is 12.9. The highest BCUT2D eigenvalue weighted by Gasteiger charge is 1.90. The highest BCUT2D eigenvalue weighted by molar-refractivity contribution is 4.83. The molecule has 0 bridgehead atoms. The van der Waals surface area contributed by atoms with Crippen LogP contribution in [0.15, 0.2) is 30.6 Å². The van der Waals surface area contributed by atoms with Crippen molar-refractivity contribution in [3.63, 3.8) is 0 Å². The van der Waals surface area contributed by atoms with Gasteiger partial charge in [0, 0.05) is 18.6 Å². The molecule has 1 aromatic heterocycles. The van der Waals surface area contributed by atoms with Crippen molar-refractivity contribution >= 4 is 0 Å². The first-order valence-electron chi connectivity index (χ1n) is 4.92. The molecule has 0 saturated carbocycles. The number of hydrogen-bond donors (Lipinski definition) is 0. The van der Waals surface area contributed by atoms with E-state index in [0.717, 1.165) is 6.54 Å². The number of hydrogen-bond acceptors (Lipinski definition) is 3. The Labute approximate surface area is 89.4 Å². The van der Waals surface area contributed by atoms with E-state index in [9.17, 15) is 10.1 Å². The second kappa shape index (κ2) is 8.93. The molecule has 0 fully saturated rings. The van der Waals surface area contributed by atoms with E-state index < -0.39 is 5.09 Å². The van der Waals surface area contributed by atoms with Crippen LogP contribution in [0.4, 0.5) is 0 Å². The summed E-state index contributed by atoms with van der Waals surface area (Å²) in [5.41, 5.74) is 0. The van der Waals surface area contributed by atoms with Crippen LogP contribution < -0.4 is 4.57 Å². The van der Waals surface area contributed by atoms with E-state index in [1.54, 1.807) is 6.92 Å². The first kappa shape index (κ1) is 13.4. The second-order valence-electron chi connectivity index (χ2n) is 2.75. The minimum absolute atomic E-state index is 0.132. The molecule has 0 aliphatic heterocycles. The minimum atomic E-state index is -0.819. The Kier molecular flexibility index (Phi) is 7.94. The van der Waals surface area contributed by atoms with Crippen LogP contribution in [0.5, 0.6) is 0 Å². The Balaban J connectivity index is 0.000000288. The van der Waals surface area contributed by atoms with Crippen LogP contribution in [0.25, 0.3) is 0 Å². The summed E-state index contributed by atoms with van der Waals surface area (Å²) in [5, 5.41) is 8.36. The molecule has 0 unspecified atom stereocenters. The fourth-order valence-corrected chi connectivity index (χ4v) is 0.947. The third-order valence-electron chi connectivity index (χ3n) is 1.49. The van der Waals surface area contributed by atoms with Crippen LogP contribution in [0.3, 0.4) is 0 Å². The summed E-state index contributed by atoms with van der Waals surface area (Å²) >= 11 is 0. The van der Waals surface area contributed by atoms with Gasteiger partial charge in [-0.1, -0.05) is 13.0 Å². The topological polar surface area (TPSA) is 56.2 Å². The van der Waals surface area contributed by atoms with Gasteiger partial charge in [0.2, 0.25) is 0 Å². The molecular formula is C10H17N2O3+. The quantitative estimate of drug-likeness (QED) is 0.433. The largest absolute Gasteiger partial charge is 0.314 e. The molecule has 0 spiro atoms. The van der Waals surface area contributed by atoms with Gasteiger partial charge in [-0.25, -0.2) is 4.57 Å². The fourth-order valence-electron chi connectivity index (χ4n) is 0.947. The van der Waals surface area contributed by atoms with Gasteiger partial charge in [0.15, 0.2) is 12.4 Å². The highest BCUT2D eigenvalue weighted by atomic mass is 16.9. The number of rotatable bonds is 4. The number of pyridine rings is 1. The van der Waals surface area contributed by atoms with Crippen molar-refractivity contribution in [1.82, 2.24) is 0 Å².